The molecule has 0 aromatic carbocycles. The SMILES string of the molecule is CC(C)(C)OC(=O)[C@@H]1C[C@H](N)CS1. The molecule has 3 nitrogen and oxygen atoms in total. The van der Waals surface area contributed by atoms with Crippen LogP contribution in [0.4, 0.5) is 0 Å². The molecular formula is C9H17NO2S. The van der Waals surface area contributed by atoms with Crippen LogP contribution in [0.5, 0.6) is 0 Å². The predicted molar refractivity (Wildman–Crippen MR) is 54.7 cm³/mol. The molecule has 76 valence electrons. The lowest BCUT2D eigenvalue weighted by molar-refractivity contribution is -0.154. The minimum absolute atomic E-state index is 0.0470. The predicted octanol–water partition coefficient (Wildman–Crippen LogP) is 1.16. The Hall–Kier alpha value is -0.220. The molecule has 1 heterocycles. The standard InChI is InChI=1S/C9H17NO2S/c1-9(2,3)12-8(11)7-4-6(10)5-13-7/h6-7H,4-5,10H2,1-3H3/t6-,7-/m0/s1. The lowest BCUT2D eigenvalue weighted by Crippen LogP contribution is -2.30. The van der Waals surface area contributed by atoms with Crippen LogP contribution in [0.15, 0.2) is 0 Å². The zero-order valence-electron chi connectivity index (χ0n) is 8.37. The summed E-state index contributed by atoms with van der Waals surface area (Å²) in [5.41, 5.74) is 5.31. The maximum absolute atomic E-state index is 11.5. The van der Waals surface area contributed by atoms with Crippen molar-refractivity contribution in [2.24, 2.45) is 5.73 Å². The number of carbonyl (C=O) groups is 1. The molecule has 0 bridgehead atoms. The first-order chi connectivity index (χ1) is 5.88. The van der Waals surface area contributed by atoms with Crippen molar-refractivity contribution in [1.82, 2.24) is 0 Å². The molecule has 0 aromatic heterocycles. The second-order valence-corrected chi connectivity index (χ2v) is 5.59. The molecule has 0 aromatic rings. The summed E-state index contributed by atoms with van der Waals surface area (Å²) in [4.78, 5) is 11.5. The molecule has 0 aliphatic carbocycles. The van der Waals surface area contributed by atoms with Gasteiger partial charge in [0, 0.05) is 11.8 Å². The fourth-order valence-electron chi connectivity index (χ4n) is 1.18. The molecule has 0 amide bonds. The Morgan fingerprint density at radius 1 is 1.54 bits per heavy atom. The summed E-state index contributed by atoms with van der Waals surface area (Å²) in [7, 11) is 0. The maximum Gasteiger partial charge on any atom is 0.319 e. The first-order valence-electron chi connectivity index (χ1n) is 4.48. The smallest absolute Gasteiger partial charge is 0.319 e. The van der Waals surface area contributed by atoms with Crippen LogP contribution in [0, 0.1) is 0 Å². The van der Waals surface area contributed by atoms with Crippen LogP contribution < -0.4 is 5.73 Å². The average molecular weight is 203 g/mol. The third-order valence-corrected chi connectivity index (χ3v) is 3.11. The third kappa shape index (κ3) is 3.56. The first kappa shape index (κ1) is 10.9. The summed E-state index contributed by atoms with van der Waals surface area (Å²) in [6.07, 6.45) is 0.750. The molecule has 4 heteroatoms. The zero-order chi connectivity index (χ0) is 10.1. The van der Waals surface area contributed by atoms with E-state index in [1.165, 1.54) is 0 Å². The zero-order valence-corrected chi connectivity index (χ0v) is 9.19. The van der Waals surface area contributed by atoms with E-state index in [1.807, 2.05) is 20.8 Å². The molecule has 0 saturated carbocycles. The Morgan fingerprint density at radius 3 is 2.54 bits per heavy atom. The van der Waals surface area contributed by atoms with Crippen LogP contribution in [0.3, 0.4) is 0 Å². The summed E-state index contributed by atoms with van der Waals surface area (Å²) in [5.74, 6) is 0.745. The van der Waals surface area contributed by atoms with E-state index in [2.05, 4.69) is 0 Å². The fourth-order valence-corrected chi connectivity index (χ4v) is 2.37. The van der Waals surface area contributed by atoms with Crippen molar-refractivity contribution in [2.75, 3.05) is 5.75 Å². The highest BCUT2D eigenvalue weighted by Gasteiger charge is 2.31. The monoisotopic (exact) mass is 203 g/mol. The number of rotatable bonds is 1. The normalized spacial score (nSPS) is 28.9. The van der Waals surface area contributed by atoms with Crippen molar-refractivity contribution < 1.29 is 9.53 Å². The van der Waals surface area contributed by atoms with E-state index in [1.54, 1.807) is 11.8 Å². The van der Waals surface area contributed by atoms with Gasteiger partial charge in [0.25, 0.3) is 0 Å². The number of nitrogens with two attached hydrogens (primary N) is 1. The minimum Gasteiger partial charge on any atom is -0.459 e. The van der Waals surface area contributed by atoms with Gasteiger partial charge in [-0.1, -0.05) is 0 Å². The van der Waals surface area contributed by atoms with Crippen LogP contribution in [0.1, 0.15) is 27.2 Å². The van der Waals surface area contributed by atoms with Crippen LogP contribution in [0.2, 0.25) is 0 Å². The summed E-state index contributed by atoms with van der Waals surface area (Å²) in [6.45, 7) is 5.64. The number of hydrogen-bond acceptors (Lipinski definition) is 4. The highest BCUT2D eigenvalue weighted by atomic mass is 32.2. The molecule has 1 saturated heterocycles. The van der Waals surface area contributed by atoms with Gasteiger partial charge in [-0.2, -0.15) is 0 Å². The topological polar surface area (TPSA) is 52.3 Å². The Bertz CT molecular complexity index is 200. The Morgan fingerprint density at radius 2 is 2.15 bits per heavy atom. The molecule has 1 rings (SSSR count). The van der Waals surface area contributed by atoms with Gasteiger partial charge in [-0.25, -0.2) is 0 Å². The van der Waals surface area contributed by atoms with Crippen LogP contribution >= 0.6 is 11.8 Å². The van der Waals surface area contributed by atoms with Gasteiger partial charge in [-0.05, 0) is 27.2 Å². The second kappa shape index (κ2) is 3.88. The lowest BCUT2D eigenvalue weighted by atomic mass is 10.1. The van der Waals surface area contributed by atoms with Crippen LogP contribution in [-0.2, 0) is 9.53 Å². The molecule has 13 heavy (non-hydrogen) atoms. The lowest BCUT2D eigenvalue weighted by Gasteiger charge is -2.21. The second-order valence-electron chi connectivity index (χ2n) is 4.35. The van der Waals surface area contributed by atoms with Gasteiger partial charge in [0.1, 0.15) is 10.9 Å². The highest BCUT2D eigenvalue weighted by molar-refractivity contribution is 8.00. The molecule has 0 radical (unpaired) electrons. The summed E-state index contributed by atoms with van der Waals surface area (Å²) < 4.78 is 5.25. The van der Waals surface area contributed by atoms with Crippen molar-refractivity contribution in [3.8, 4) is 0 Å². The molecule has 1 fully saturated rings. The third-order valence-electron chi connectivity index (χ3n) is 1.70. The van der Waals surface area contributed by atoms with E-state index in [0.29, 0.717) is 0 Å². The number of carbonyl (C=O) groups excluding carboxylic acids is 1. The number of ether oxygens (including phenoxy) is 1. The first-order valence-corrected chi connectivity index (χ1v) is 5.53. The highest BCUT2D eigenvalue weighted by Crippen LogP contribution is 2.27. The van der Waals surface area contributed by atoms with Gasteiger partial charge >= 0.3 is 5.97 Å². The molecule has 1 aliphatic heterocycles. The number of thioether (sulfide) groups is 1. The quantitative estimate of drug-likeness (QED) is 0.650. The van der Waals surface area contributed by atoms with E-state index >= 15 is 0 Å². The van der Waals surface area contributed by atoms with Crippen LogP contribution in [0.25, 0.3) is 0 Å². The molecule has 0 spiro atoms. The maximum atomic E-state index is 11.5. The van der Waals surface area contributed by atoms with E-state index in [0.717, 1.165) is 12.2 Å². The molecule has 0 unspecified atom stereocenters. The fraction of sp³-hybridized carbons (Fsp3) is 0.889. The summed E-state index contributed by atoms with van der Waals surface area (Å²) in [5, 5.41) is -0.0470. The van der Waals surface area contributed by atoms with E-state index < -0.39 is 0 Å². The van der Waals surface area contributed by atoms with Crippen molar-refractivity contribution in [2.45, 2.75) is 44.1 Å². The number of esters is 1. The molecular weight excluding hydrogens is 186 g/mol. The molecule has 2 N–H and O–H groups in total. The van der Waals surface area contributed by atoms with Gasteiger partial charge in [-0.15, -0.1) is 11.8 Å². The minimum atomic E-state index is -0.385. The van der Waals surface area contributed by atoms with E-state index in [-0.39, 0.29) is 22.9 Å². The van der Waals surface area contributed by atoms with Crippen molar-refractivity contribution in [3.05, 3.63) is 0 Å². The van der Waals surface area contributed by atoms with E-state index in [9.17, 15) is 4.79 Å². The van der Waals surface area contributed by atoms with Gasteiger partial charge in [0.2, 0.25) is 0 Å². The van der Waals surface area contributed by atoms with Gasteiger partial charge < -0.3 is 10.5 Å². The van der Waals surface area contributed by atoms with E-state index in [4.69, 9.17) is 10.5 Å². The van der Waals surface area contributed by atoms with Crippen LogP contribution in [-0.4, -0.2) is 28.6 Å². The van der Waals surface area contributed by atoms with Crippen molar-refractivity contribution in [1.29, 1.82) is 0 Å². The summed E-state index contributed by atoms with van der Waals surface area (Å²) in [6, 6.07) is 0.155. The van der Waals surface area contributed by atoms with Crippen molar-refractivity contribution in [3.63, 3.8) is 0 Å². The Balaban J connectivity index is 2.41. The Labute approximate surface area is 83.4 Å². The van der Waals surface area contributed by atoms with Gasteiger partial charge in [0.05, 0.1) is 0 Å². The van der Waals surface area contributed by atoms with Gasteiger partial charge in [-0.3, -0.25) is 4.79 Å². The molecule has 2 atom stereocenters. The van der Waals surface area contributed by atoms with Gasteiger partial charge in [0.15, 0.2) is 0 Å². The van der Waals surface area contributed by atoms with Crippen molar-refractivity contribution >= 4 is 17.7 Å². The Kier molecular flexibility index (Phi) is 3.24. The number of hydrogen-bond donors (Lipinski definition) is 1. The summed E-state index contributed by atoms with van der Waals surface area (Å²) >= 11 is 1.60. The average Bonchev–Trinajstić information content (AvgIpc) is 2.31. The largest absolute Gasteiger partial charge is 0.459 e. The molecule has 1 aliphatic rings.